The summed E-state index contributed by atoms with van der Waals surface area (Å²) < 4.78 is 54.6. The fourth-order valence-corrected chi connectivity index (χ4v) is 4.14. The summed E-state index contributed by atoms with van der Waals surface area (Å²) in [4.78, 5) is 2.33. The van der Waals surface area contributed by atoms with Gasteiger partial charge in [-0.25, -0.2) is 4.39 Å². The van der Waals surface area contributed by atoms with Crippen molar-refractivity contribution in [3.63, 3.8) is 0 Å². The number of fused-ring (bicyclic) bond motifs is 3. The fraction of sp³-hybridized carbons (Fsp3) is 0.429. The normalized spacial score (nSPS) is 21.7. The molecule has 0 saturated carbocycles. The maximum absolute atomic E-state index is 13.4. The lowest BCUT2D eigenvalue weighted by molar-refractivity contribution is -0.0725. The Labute approximate surface area is 171 Å². The van der Waals surface area contributed by atoms with Crippen LogP contribution in [0.2, 0.25) is 0 Å². The van der Waals surface area contributed by atoms with E-state index in [1.165, 1.54) is 18.2 Å². The largest absolute Gasteiger partial charge is 0.493 e. The topological polar surface area (TPSA) is 76.1 Å². The SMILES string of the molecule is CCN1CCO[C@@H]2c3cc(F)ccc3OCC[C@H]21.Cc1ccc(S(=O)(=O)O)cc1. The molecule has 2 aliphatic heterocycles. The second kappa shape index (κ2) is 9.21. The molecule has 29 heavy (non-hydrogen) atoms. The number of benzene rings is 2. The Kier molecular flexibility index (Phi) is 6.89. The number of ether oxygens (including phenoxy) is 2. The molecule has 1 fully saturated rings. The van der Waals surface area contributed by atoms with Gasteiger partial charge in [0.25, 0.3) is 10.1 Å². The number of nitrogens with zero attached hydrogens (tertiary/aromatic N) is 1. The molecule has 0 aromatic heterocycles. The molecule has 8 heteroatoms. The van der Waals surface area contributed by atoms with Gasteiger partial charge in [-0.3, -0.25) is 9.45 Å². The summed E-state index contributed by atoms with van der Waals surface area (Å²) in [5, 5.41) is 0. The summed E-state index contributed by atoms with van der Waals surface area (Å²) in [5.74, 6) is 0.539. The molecular weight excluding hydrogens is 397 g/mol. The third-order valence-corrected chi connectivity index (χ3v) is 6.04. The Hall–Kier alpha value is -2.00. The van der Waals surface area contributed by atoms with Crippen LogP contribution in [0.4, 0.5) is 4.39 Å². The molecule has 158 valence electrons. The van der Waals surface area contributed by atoms with Crippen molar-refractivity contribution < 1.29 is 26.8 Å². The molecule has 0 bridgehead atoms. The molecule has 0 spiro atoms. The van der Waals surface area contributed by atoms with Crippen molar-refractivity contribution in [3.8, 4) is 5.75 Å². The Balaban J connectivity index is 0.000000188. The van der Waals surface area contributed by atoms with E-state index in [1.807, 2.05) is 6.92 Å². The summed E-state index contributed by atoms with van der Waals surface area (Å²) >= 11 is 0. The second-order valence-corrected chi connectivity index (χ2v) is 8.52. The first-order valence-electron chi connectivity index (χ1n) is 9.61. The van der Waals surface area contributed by atoms with Crippen LogP contribution in [-0.2, 0) is 14.9 Å². The average molecular weight is 424 g/mol. The molecule has 2 aromatic carbocycles. The minimum atomic E-state index is -4.02. The van der Waals surface area contributed by atoms with E-state index in [4.69, 9.17) is 14.0 Å². The van der Waals surface area contributed by atoms with Gasteiger partial charge in [-0.1, -0.05) is 24.6 Å². The summed E-state index contributed by atoms with van der Waals surface area (Å²) in [5.41, 5.74) is 1.81. The maximum atomic E-state index is 13.4. The predicted molar refractivity (Wildman–Crippen MR) is 107 cm³/mol. The van der Waals surface area contributed by atoms with Crippen molar-refractivity contribution in [2.75, 3.05) is 26.3 Å². The number of hydrogen-bond acceptors (Lipinski definition) is 5. The number of aryl methyl sites for hydroxylation is 1. The van der Waals surface area contributed by atoms with Crippen LogP contribution in [0.3, 0.4) is 0 Å². The molecule has 2 heterocycles. The van der Waals surface area contributed by atoms with Crippen LogP contribution in [0.5, 0.6) is 5.75 Å². The van der Waals surface area contributed by atoms with Gasteiger partial charge in [0, 0.05) is 18.2 Å². The first kappa shape index (κ1) is 21.7. The lowest BCUT2D eigenvalue weighted by atomic mass is 9.97. The monoisotopic (exact) mass is 423 g/mol. The molecule has 0 radical (unpaired) electrons. The van der Waals surface area contributed by atoms with E-state index < -0.39 is 10.1 Å². The minimum absolute atomic E-state index is 0.0631. The number of morpholine rings is 1. The van der Waals surface area contributed by atoms with E-state index in [0.717, 1.165) is 36.4 Å². The van der Waals surface area contributed by atoms with Gasteiger partial charge in [0.05, 0.1) is 18.1 Å². The van der Waals surface area contributed by atoms with E-state index in [2.05, 4.69) is 11.8 Å². The Bertz CT molecular complexity index is 933. The van der Waals surface area contributed by atoms with E-state index in [9.17, 15) is 12.8 Å². The number of likely N-dealkylation sites (N-methyl/N-ethyl adjacent to an activating group) is 1. The summed E-state index contributed by atoms with van der Waals surface area (Å²) in [7, 11) is -4.02. The molecule has 2 aliphatic rings. The Morgan fingerprint density at radius 1 is 1.17 bits per heavy atom. The van der Waals surface area contributed by atoms with E-state index in [0.29, 0.717) is 19.3 Å². The minimum Gasteiger partial charge on any atom is -0.493 e. The fourth-order valence-electron chi connectivity index (χ4n) is 3.66. The average Bonchev–Trinajstić information content (AvgIpc) is 2.87. The third-order valence-electron chi connectivity index (χ3n) is 5.17. The first-order valence-corrected chi connectivity index (χ1v) is 11.1. The van der Waals surface area contributed by atoms with Crippen molar-refractivity contribution in [3.05, 3.63) is 59.4 Å². The van der Waals surface area contributed by atoms with Gasteiger partial charge < -0.3 is 9.47 Å². The zero-order valence-electron chi connectivity index (χ0n) is 16.5. The van der Waals surface area contributed by atoms with Crippen LogP contribution in [0, 0.1) is 12.7 Å². The molecule has 1 saturated heterocycles. The smallest absolute Gasteiger partial charge is 0.294 e. The van der Waals surface area contributed by atoms with Crippen LogP contribution >= 0.6 is 0 Å². The molecule has 0 amide bonds. The second-order valence-electron chi connectivity index (χ2n) is 7.09. The van der Waals surface area contributed by atoms with Crippen LogP contribution < -0.4 is 4.74 Å². The van der Waals surface area contributed by atoms with Crippen LogP contribution in [0.25, 0.3) is 0 Å². The molecular formula is C21H26FNO5S. The zero-order chi connectivity index (χ0) is 21.0. The number of hydrogen-bond donors (Lipinski definition) is 1. The maximum Gasteiger partial charge on any atom is 0.294 e. The molecule has 0 unspecified atom stereocenters. The van der Waals surface area contributed by atoms with Crippen LogP contribution in [0.1, 0.15) is 30.6 Å². The van der Waals surface area contributed by atoms with Gasteiger partial charge in [0.2, 0.25) is 0 Å². The van der Waals surface area contributed by atoms with E-state index in [1.54, 1.807) is 24.3 Å². The Morgan fingerprint density at radius 2 is 1.90 bits per heavy atom. The summed E-state index contributed by atoms with van der Waals surface area (Å²) in [6, 6.07) is 11.0. The highest BCUT2D eigenvalue weighted by molar-refractivity contribution is 7.85. The first-order chi connectivity index (χ1) is 13.8. The van der Waals surface area contributed by atoms with Gasteiger partial charge in [-0.15, -0.1) is 0 Å². The van der Waals surface area contributed by atoms with Crippen molar-refractivity contribution in [2.24, 2.45) is 0 Å². The Morgan fingerprint density at radius 3 is 2.55 bits per heavy atom. The summed E-state index contributed by atoms with van der Waals surface area (Å²) in [6.45, 7) is 7.30. The van der Waals surface area contributed by atoms with Gasteiger partial charge in [-0.05, 0) is 50.2 Å². The number of rotatable bonds is 2. The zero-order valence-corrected chi connectivity index (χ0v) is 17.4. The van der Waals surface area contributed by atoms with Gasteiger partial charge in [0.15, 0.2) is 0 Å². The van der Waals surface area contributed by atoms with Gasteiger partial charge >= 0.3 is 0 Å². The quantitative estimate of drug-likeness (QED) is 0.744. The number of halogens is 1. The predicted octanol–water partition coefficient (Wildman–Crippen LogP) is 3.61. The lowest BCUT2D eigenvalue weighted by Crippen LogP contribution is -2.46. The van der Waals surface area contributed by atoms with E-state index in [-0.39, 0.29) is 16.8 Å². The van der Waals surface area contributed by atoms with Crippen LogP contribution in [0.15, 0.2) is 47.4 Å². The van der Waals surface area contributed by atoms with E-state index >= 15 is 0 Å². The summed E-state index contributed by atoms with van der Waals surface area (Å²) in [6.07, 6.45) is 0.862. The standard InChI is InChI=1S/C14H18FNO2.C7H8O3S/c1-2-16-6-8-18-14-11-9-10(15)3-4-13(11)17-7-5-12(14)16;1-6-2-4-7(5-3-6)11(8,9)10/h3-4,9,12,14H,2,5-8H2,1H3;2-5H,1H3,(H,8,9,10)/t12-,14-;/m1./s1. The van der Waals surface area contributed by atoms with Crippen LogP contribution in [-0.4, -0.2) is 50.2 Å². The van der Waals surface area contributed by atoms with Gasteiger partial charge in [0.1, 0.15) is 17.7 Å². The van der Waals surface area contributed by atoms with Crippen molar-refractivity contribution in [1.29, 1.82) is 0 Å². The lowest BCUT2D eigenvalue weighted by Gasteiger charge is -2.39. The molecule has 6 nitrogen and oxygen atoms in total. The highest BCUT2D eigenvalue weighted by Gasteiger charge is 2.36. The van der Waals surface area contributed by atoms with Gasteiger partial charge in [-0.2, -0.15) is 8.42 Å². The third kappa shape index (κ3) is 5.33. The van der Waals surface area contributed by atoms with Crippen molar-refractivity contribution >= 4 is 10.1 Å². The molecule has 2 atom stereocenters. The highest BCUT2D eigenvalue weighted by atomic mass is 32.2. The molecule has 2 aromatic rings. The van der Waals surface area contributed by atoms with Crippen molar-refractivity contribution in [2.45, 2.75) is 37.3 Å². The molecule has 1 N–H and O–H groups in total. The molecule has 0 aliphatic carbocycles. The highest BCUT2D eigenvalue weighted by Crippen LogP contribution is 2.38. The van der Waals surface area contributed by atoms with Crippen molar-refractivity contribution in [1.82, 2.24) is 4.90 Å². The molecule has 4 rings (SSSR count).